The molecule has 5 nitrogen and oxygen atoms in total. The van der Waals surface area contributed by atoms with Gasteiger partial charge in [-0.15, -0.1) is 0 Å². The van der Waals surface area contributed by atoms with Crippen LogP contribution >= 0.6 is 0 Å². The first kappa shape index (κ1) is 16.9. The van der Waals surface area contributed by atoms with Gasteiger partial charge in [-0.3, -0.25) is 4.79 Å². The summed E-state index contributed by atoms with van der Waals surface area (Å²) in [6.45, 7) is 4.31. The van der Waals surface area contributed by atoms with E-state index in [9.17, 15) is 17.6 Å². The summed E-state index contributed by atoms with van der Waals surface area (Å²) in [5.41, 5.74) is 0.984. The molecule has 0 spiro atoms. The van der Waals surface area contributed by atoms with E-state index in [4.69, 9.17) is 0 Å². The quantitative estimate of drug-likeness (QED) is 0.894. The minimum atomic E-state index is -3.29. The number of nitrogens with zero attached hydrogens (tertiary/aromatic N) is 1. The second kappa shape index (κ2) is 6.75. The molecule has 1 saturated heterocycles. The number of rotatable bonds is 5. The van der Waals surface area contributed by atoms with Crippen LogP contribution in [0.1, 0.15) is 35.7 Å². The van der Waals surface area contributed by atoms with Crippen molar-refractivity contribution < 1.29 is 17.6 Å². The lowest BCUT2D eigenvalue weighted by Crippen LogP contribution is -2.39. The molecule has 1 unspecified atom stereocenters. The second-order valence-corrected chi connectivity index (χ2v) is 7.56. The van der Waals surface area contributed by atoms with Crippen molar-refractivity contribution >= 4 is 15.9 Å². The third-order valence-electron chi connectivity index (χ3n) is 3.58. The Morgan fingerprint density at radius 3 is 2.77 bits per heavy atom. The molecule has 1 aliphatic heterocycles. The summed E-state index contributed by atoms with van der Waals surface area (Å²) in [6, 6.07) is 3.95. The van der Waals surface area contributed by atoms with Crippen LogP contribution in [0.4, 0.5) is 4.39 Å². The summed E-state index contributed by atoms with van der Waals surface area (Å²) in [4.78, 5) is 13.9. The summed E-state index contributed by atoms with van der Waals surface area (Å²) in [7, 11) is -3.29. The third-order valence-corrected chi connectivity index (χ3v) is 5.22. The summed E-state index contributed by atoms with van der Waals surface area (Å²) >= 11 is 0. The third kappa shape index (κ3) is 4.27. The lowest BCUT2D eigenvalue weighted by atomic mass is 10.1. The molecule has 0 radical (unpaired) electrons. The van der Waals surface area contributed by atoms with E-state index in [0.29, 0.717) is 37.1 Å². The average molecular weight is 328 g/mol. The maximum Gasteiger partial charge on any atom is 0.254 e. The number of sulfonamides is 1. The highest BCUT2D eigenvalue weighted by Crippen LogP contribution is 2.16. The first-order valence-electron chi connectivity index (χ1n) is 7.37. The number of amides is 1. The summed E-state index contributed by atoms with van der Waals surface area (Å²) in [5.74, 6) is -0.622. The average Bonchev–Trinajstić information content (AvgIpc) is 2.84. The molecule has 1 amide bonds. The van der Waals surface area contributed by atoms with Crippen LogP contribution in [-0.2, 0) is 10.0 Å². The molecule has 7 heteroatoms. The second-order valence-electron chi connectivity index (χ2n) is 5.69. The number of likely N-dealkylation sites (tertiary alicyclic amines) is 1. The standard InChI is InChI=1S/C15H21FN2O3S/c1-3-6-22(20,21)17-14-4-5-18(10-14)15(19)12-7-11(2)8-13(16)9-12/h7-9,14,17H,3-6,10H2,1-2H3. The van der Waals surface area contributed by atoms with Crippen LogP contribution in [0, 0.1) is 12.7 Å². The number of benzene rings is 1. The number of carbonyl (C=O) groups is 1. The van der Waals surface area contributed by atoms with Crippen LogP contribution in [0.15, 0.2) is 18.2 Å². The molecule has 0 saturated carbocycles. The van der Waals surface area contributed by atoms with E-state index < -0.39 is 15.8 Å². The van der Waals surface area contributed by atoms with Crippen molar-refractivity contribution in [1.82, 2.24) is 9.62 Å². The Kier molecular flexibility index (Phi) is 5.18. The number of hydrogen-bond acceptors (Lipinski definition) is 3. The number of carbonyl (C=O) groups excluding carboxylic acids is 1. The van der Waals surface area contributed by atoms with Crippen LogP contribution < -0.4 is 4.72 Å². The molecular weight excluding hydrogens is 307 g/mol. The van der Waals surface area contributed by atoms with Crippen molar-refractivity contribution in [3.63, 3.8) is 0 Å². The van der Waals surface area contributed by atoms with Crippen LogP contribution in [0.25, 0.3) is 0 Å². The highest BCUT2D eigenvalue weighted by Gasteiger charge is 2.29. The minimum Gasteiger partial charge on any atom is -0.337 e. The zero-order valence-electron chi connectivity index (χ0n) is 12.8. The van der Waals surface area contributed by atoms with Gasteiger partial charge in [-0.05, 0) is 43.5 Å². The highest BCUT2D eigenvalue weighted by atomic mass is 32.2. The number of halogens is 1. The number of hydrogen-bond donors (Lipinski definition) is 1. The van der Waals surface area contributed by atoms with Gasteiger partial charge in [0.25, 0.3) is 5.91 Å². The van der Waals surface area contributed by atoms with Gasteiger partial charge >= 0.3 is 0 Å². The monoisotopic (exact) mass is 328 g/mol. The summed E-state index contributed by atoms with van der Waals surface area (Å²) in [6.07, 6.45) is 1.12. The fourth-order valence-corrected chi connectivity index (χ4v) is 4.02. The molecule has 0 bridgehead atoms. The maximum absolute atomic E-state index is 13.4. The van der Waals surface area contributed by atoms with E-state index in [2.05, 4.69) is 4.72 Å². The fraction of sp³-hybridized carbons (Fsp3) is 0.533. The zero-order chi connectivity index (χ0) is 16.3. The Balaban J connectivity index is 2.02. The van der Waals surface area contributed by atoms with Gasteiger partial charge in [-0.2, -0.15) is 0 Å². The molecule has 1 aliphatic rings. The van der Waals surface area contributed by atoms with Crippen molar-refractivity contribution in [2.45, 2.75) is 32.7 Å². The van der Waals surface area contributed by atoms with Crippen LogP contribution in [0.5, 0.6) is 0 Å². The minimum absolute atomic E-state index is 0.0839. The van der Waals surface area contributed by atoms with Crippen molar-refractivity contribution in [2.75, 3.05) is 18.8 Å². The largest absolute Gasteiger partial charge is 0.337 e. The smallest absolute Gasteiger partial charge is 0.254 e. The van der Waals surface area contributed by atoms with Gasteiger partial charge in [0.1, 0.15) is 5.82 Å². The Hall–Kier alpha value is -1.47. The van der Waals surface area contributed by atoms with Crippen molar-refractivity contribution in [3.05, 3.63) is 35.1 Å². The molecule has 0 aromatic heterocycles. The molecule has 1 aromatic rings. The van der Waals surface area contributed by atoms with Crippen LogP contribution in [0.3, 0.4) is 0 Å². The van der Waals surface area contributed by atoms with E-state index in [0.717, 1.165) is 0 Å². The fourth-order valence-electron chi connectivity index (χ4n) is 2.66. The molecule has 1 fully saturated rings. The van der Waals surface area contributed by atoms with Crippen LogP contribution in [-0.4, -0.2) is 44.1 Å². The van der Waals surface area contributed by atoms with Crippen molar-refractivity contribution in [1.29, 1.82) is 0 Å². The molecule has 122 valence electrons. The Morgan fingerprint density at radius 2 is 2.14 bits per heavy atom. The molecular formula is C15H21FN2O3S. The van der Waals surface area contributed by atoms with Gasteiger partial charge in [-0.1, -0.05) is 6.92 Å². The molecule has 1 atom stereocenters. The molecule has 1 heterocycles. The van der Waals surface area contributed by atoms with Crippen molar-refractivity contribution in [3.8, 4) is 0 Å². The molecule has 22 heavy (non-hydrogen) atoms. The summed E-state index contributed by atoms with van der Waals surface area (Å²) in [5, 5.41) is 0. The van der Waals surface area contributed by atoms with E-state index in [-0.39, 0.29) is 17.7 Å². The first-order chi connectivity index (χ1) is 10.3. The molecule has 1 N–H and O–H groups in total. The van der Waals surface area contributed by atoms with Gasteiger partial charge in [-0.25, -0.2) is 17.5 Å². The van der Waals surface area contributed by atoms with Crippen LogP contribution in [0.2, 0.25) is 0 Å². The zero-order valence-corrected chi connectivity index (χ0v) is 13.6. The predicted molar refractivity (Wildman–Crippen MR) is 82.7 cm³/mol. The predicted octanol–water partition coefficient (Wildman–Crippen LogP) is 1.68. The summed E-state index contributed by atoms with van der Waals surface area (Å²) < 4.78 is 39.5. The van der Waals surface area contributed by atoms with E-state index in [1.54, 1.807) is 24.8 Å². The SMILES string of the molecule is CCCS(=O)(=O)NC1CCN(C(=O)c2cc(C)cc(F)c2)C1. The maximum atomic E-state index is 13.4. The molecule has 1 aromatic carbocycles. The first-order valence-corrected chi connectivity index (χ1v) is 9.02. The van der Waals surface area contributed by atoms with Gasteiger partial charge in [0, 0.05) is 24.7 Å². The lowest BCUT2D eigenvalue weighted by molar-refractivity contribution is 0.0789. The Labute approximate surface area is 130 Å². The van der Waals surface area contributed by atoms with Crippen molar-refractivity contribution in [2.24, 2.45) is 0 Å². The van der Waals surface area contributed by atoms with Gasteiger partial charge in [0.05, 0.1) is 5.75 Å². The molecule has 2 rings (SSSR count). The van der Waals surface area contributed by atoms with E-state index >= 15 is 0 Å². The molecule has 0 aliphatic carbocycles. The normalized spacial score (nSPS) is 18.7. The van der Waals surface area contributed by atoms with Gasteiger partial charge < -0.3 is 4.90 Å². The Morgan fingerprint density at radius 1 is 1.41 bits per heavy atom. The lowest BCUT2D eigenvalue weighted by Gasteiger charge is -2.17. The Bertz CT molecular complexity index is 641. The van der Waals surface area contributed by atoms with E-state index in [1.807, 2.05) is 0 Å². The van der Waals surface area contributed by atoms with Gasteiger partial charge in [0.2, 0.25) is 10.0 Å². The topological polar surface area (TPSA) is 66.5 Å². The van der Waals surface area contributed by atoms with E-state index in [1.165, 1.54) is 12.1 Å². The highest BCUT2D eigenvalue weighted by molar-refractivity contribution is 7.89. The number of nitrogens with one attached hydrogen (secondary N) is 1. The van der Waals surface area contributed by atoms with Gasteiger partial charge in [0.15, 0.2) is 0 Å². The number of aryl methyl sites for hydroxylation is 1.